The zero-order chi connectivity index (χ0) is 13.5. The molecule has 0 amide bonds. The Kier molecular flexibility index (Phi) is 6.34. The van der Waals surface area contributed by atoms with Crippen molar-refractivity contribution in [3.05, 3.63) is 0 Å². The first-order chi connectivity index (χ1) is 7.97. The summed E-state index contributed by atoms with van der Waals surface area (Å²) < 4.78 is 9.91. The first-order valence-corrected chi connectivity index (χ1v) is 5.75. The van der Waals surface area contributed by atoms with Crippen molar-refractivity contribution in [2.45, 2.75) is 34.1 Å². The molecule has 96 valence electrons. The van der Waals surface area contributed by atoms with Crippen LogP contribution in [-0.4, -0.2) is 25.2 Å². The van der Waals surface area contributed by atoms with Crippen molar-refractivity contribution >= 4 is 11.9 Å². The summed E-state index contributed by atoms with van der Waals surface area (Å²) in [6, 6.07) is 0. The Labute approximate surface area is 103 Å². The van der Waals surface area contributed by atoms with Crippen LogP contribution in [0.25, 0.3) is 0 Å². The average Bonchev–Trinajstić information content (AvgIpc) is 2.25. The molecule has 0 aromatic rings. The molecule has 0 atom stereocenters. The van der Waals surface area contributed by atoms with E-state index in [4.69, 9.17) is 15.9 Å². The van der Waals surface area contributed by atoms with Gasteiger partial charge in [0.2, 0.25) is 0 Å². The minimum absolute atomic E-state index is 0.0116. The molecule has 0 aliphatic rings. The highest BCUT2D eigenvalue weighted by Gasteiger charge is 2.51. The maximum Gasteiger partial charge on any atom is 0.324 e. The van der Waals surface area contributed by atoms with Gasteiger partial charge < -0.3 is 9.47 Å². The lowest BCUT2D eigenvalue weighted by molar-refractivity contribution is -0.175. The van der Waals surface area contributed by atoms with Crippen LogP contribution in [0, 0.1) is 23.7 Å². The van der Waals surface area contributed by atoms with Crippen LogP contribution < -0.4 is 0 Å². The molecule has 0 unspecified atom stereocenters. The van der Waals surface area contributed by atoms with E-state index < -0.39 is 17.4 Å². The van der Waals surface area contributed by atoms with Gasteiger partial charge in [0.1, 0.15) is 0 Å². The number of esters is 2. The molecule has 0 saturated carbocycles. The molecular formula is C13H20O4. The number of hydrogen-bond donors (Lipinski definition) is 0. The van der Waals surface area contributed by atoms with Gasteiger partial charge in [0, 0.05) is 6.42 Å². The predicted molar refractivity (Wildman–Crippen MR) is 64.0 cm³/mol. The van der Waals surface area contributed by atoms with Crippen LogP contribution in [0.5, 0.6) is 0 Å². The fourth-order valence-electron chi connectivity index (χ4n) is 1.58. The van der Waals surface area contributed by atoms with Crippen molar-refractivity contribution in [3.8, 4) is 12.3 Å². The Bertz CT molecular complexity index is 294. The van der Waals surface area contributed by atoms with E-state index in [0.717, 1.165) is 0 Å². The van der Waals surface area contributed by atoms with Gasteiger partial charge in [0.05, 0.1) is 13.2 Å². The van der Waals surface area contributed by atoms with Gasteiger partial charge in [-0.3, -0.25) is 9.59 Å². The number of hydrogen-bond acceptors (Lipinski definition) is 4. The molecule has 17 heavy (non-hydrogen) atoms. The zero-order valence-electron chi connectivity index (χ0n) is 10.9. The second-order valence-electron chi connectivity index (χ2n) is 3.95. The molecule has 0 bridgehead atoms. The highest BCUT2D eigenvalue weighted by atomic mass is 16.6. The van der Waals surface area contributed by atoms with Crippen molar-refractivity contribution in [1.29, 1.82) is 0 Å². The third-order valence-electron chi connectivity index (χ3n) is 2.65. The maximum absolute atomic E-state index is 12.0. The molecule has 0 aliphatic heterocycles. The summed E-state index contributed by atoms with van der Waals surface area (Å²) in [5, 5.41) is 0. The molecule has 0 fully saturated rings. The smallest absolute Gasteiger partial charge is 0.324 e. The first kappa shape index (κ1) is 15.5. The summed E-state index contributed by atoms with van der Waals surface area (Å²) in [6.45, 7) is 7.29. The van der Waals surface area contributed by atoms with E-state index in [-0.39, 0.29) is 25.6 Å². The Balaban J connectivity index is 5.35. The molecule has 0 rings (SSSR count). The Hall–Kier alpha value is -1.50. The molecule has 0 N–H and O–H groups in total. The van der Waals surface area contributed by atoms with Crippen molar-refractivity contribution in [2.75, 3.05) is 13.2 Å². The molecule has 0 aliphatic carbocycles. The predicted octanol–water partition coefficient (Wildman–Crippen LogP) is 1.78. The van der Waals surface area contributed by atoms with Crippen molar-refractivity contribution in [1.82, 2.24) is 0 Å². The standard InChI is InChI=1S/C13H20O4/c1-6-9-13(10(4)5,11(14)16-7-2)12(15)17-8-3/h1,10H,7-9H2,2-5H3. The molecule has 0 heterocycles. The van der Waals surface area contributed by atoms with Gasteiger partial charge in [-0.1, -0.05) is 13.8 Å². The Morgan fingerprint density at radius 2 is 1.59 bits per heavy atom. The lowest BCUT2D eigenvalue weighted by atomic mass is 9.74. The van der Waals surface area contributed by atoms with Crippen LogP contribution in [0.4, 0.5) is 0 Å². The van der Waals surface area contributed by atoms with E-state index >= 15 is 0 Å². The van der Waals surface area contributed by atoms with Crippen LogP contribution in [0.15, 0.2) is 0 Å². The quantitative estimate of drug-likeness (QED) is 0.403. The number of carbonyl (C=O) groups is 2. The number of rotatable bonds is 6. The summed E-state index contributed by atoms with van der Waals surface area (Å²) >= 11 is 0. The van der Waals surface area contributed by atoms with Crippen LogP contribution in [-0.2, 0) is 19.1 Å². The van der Waals surface area contributed by atoms with Gasteiger partial charge in [0.25, 0.3) is 0 Å². The molecule has 0 spiro atoms. The summed E-state index contributed by atoms with van der Waals surface area (Å²) in [7, 11) is 0. The molecule has 4 nitrogen and oxygen atoms in total. The van der Waals surface area contributed by atoms with Crippen molar-refractivity contribution in [2.24, 2.45) is 11.3 Å². The normalized spacial score (nSPS) is 10.8. The van der Waals surface area contributed by atoms with Crippen LogP contribution in [0.2, 0.25) is 0 Å². The minimum atomic E-state index is -1.39. The highest BCUT2D eigenvalue weighted by molar-refractivity contribution is 6.00. The van der Waals surface area contributed by atoms with Gasteiger partial charge >= 0.3 is 11.9 Å². The molecule has 0 aromatic carbocycles. The summed E-state index contributed by atoms with van der Waals surface area (Å²) in [5.41, 5.74) is -1.39. The topological polar surface area (TPSA) is 52.6 Å². The van der Waals surface area contributed by atoms with Crippen molar-refractivity contribution in [3.63, 3.8) is 0 Å². The number of ether oxygens (including phenoxy) is 2. The van der Waals surface area contributed by atoms with Crippen LogP contribution in [0.3, 0.4) is 0 Å². The second kappa shape index (κ2) is 6.95. The first-order valence-electron chi connectivity index (χ1n) is 5.75. The molecule has 0 saturated heterocycles. The molecule has 0 aromatic heterocycles. The van der Waals surface area contributed by atoms with E-state index in [9.17, 15) is 9.59 Å². The fourth-order valence-corrected chi connectivity index (χ4v) is 1.58. The number of carbonyl (C=O) groups excluding carboxylic acids is 2. The molecule has 4 heteroatoms. The minimum Gasteiger partial charge on any atom is -0.465 e. The SMILES string of the molecule is C#CCC(C(=O)OCC)(C(=O)OCC)C(C)C. The van der Waals surface area contributed by atoms with E-state index in [1.165, 1.54) is 0 Å². The number of terminal acetylenes is 1. The van der Waals surface area contributed by atoms with Crippen molar-refractivity contribution < 1.29 is 19.1 Å². The summed E-state index contributed by atoms with van der Waals surface area (Å²) in [4.78, 5) is 24.0. The monoisotopic (exact) mass is 240 g/mol. The lowest BCUT2D eigenvalue weighted by Crippen LogP contribution is -2.46. The van der Waals surface area contributed by atoms with Crippen LogP contribution >= 0.6 is 0 Å². The van der Waals surface area contributed by atoms with E-state index in [2.05, 4.69) is 5.92 Å². The largest absolute Gasteiger partial charge is 0.465 e. The van der Waals surface area contributed by atoms with Gasteiger partial charge in [-0.15, -0.1) is 12.3 Å². The second-order valence-corrected chi connectivity index (χ2v) is 3.95. The van der Waals surface area contributed by atoms with E-state index in [1.807, 2.05) is 0 Å². The summed E-state index contributed by atoms with van der Waals surface area (Å²) in [5.74, 6) is 0.876. The maximum atomic E-state index is 12.0. The summed E-state index contributed by atoms with van der Waals surface area (Å²) in [6.07, 6.45) is 5.24. The van der Waals surface area contributed by atoms with Gasteiger partial charge in [-0.25, -0.2) is 0 Å². The van der Waals surface area contributed by atoms with Gasteiger partial charge in [-0.2, -0.15) is 0 Å². The van der Waals surface area contributed by atoms with E-state index in [0.29, 0.717) is 0 Å². The Morgan fingerprint density at radius 3 is 1.82 bits per heavy atom. The van der Waals surface area contributed by atoms with Gasteiger partial charge in [0.15, 0.2) is 5.41 Å². The molecular weight excluding hydrogens is 220 g/mol. The Morgan fingerprint density at radius 1 is 1.18 bits per heavy atom. The fraction of sp³-hybridized carbons (Fsp3) is 0.692. The third-order valence-corrected chi connectivity index (χ3v) is 2.65. The average molecular weight is 240 g/mol. The molecule has 0 radical (unpaired) electrons. The van der Waals surface area contributed by atoms with Gasteiger partial charge in [-0.05, 0) is 19.8 Å². The highest BCUT2D eigenvalue weighted by Crippen LogP contribution is 2.34. The van der Waals surface area contributed by atoms with Crippen LogP contribution in [0.1, 0.15) is 34.1 Å². The zero-order valence-corrected chi connectivity index (χ0v) is 10.9. The third kappa shape index (κ3) is 3.23. The van der Waals surface area contributed by atoms with E-state index in [1.54, 1.807) is 27.7 Å². The lowest BCUT2D eigenvalue weighted by Gasteiger charge is -2.30.